The molecule has 146 valence electrons. The summed E-state index contributed by atoms with van der Waals surface area (Å²) < 4.78 is 5.72. The summed E-state index contributed by atoms with van der Waals surface area (Å²) >= 11 is 1.77. The van der Waals surface area contributed by atoms with Gasteiger partial charge in [-0.3, -0.25) is 4.79 Å². The van der Waals surface area contributed by atoms with E-state index in [0.717, 1.165) is 56.8 Å². The van der Waals surface area contributed by atoms with Crippen LogP contribution in [0.15, 0.2) is 18.2 Å². The van der Waals surface area contributed by atoms with Gasteiger partial charge in [0.25, 0.3) is 0 Å². The molecule has 0 spiro atoms. The van der Waals surface area contributed by atoms with Crippen LogP contribution >= 0.6 is 11.3 Å². The zero-order valence-electron chi connectivity index (χ0n) is 16.8. The first-order valence-electron chi connectivity index (χ1n) is 9.75. The Bertz CT molecular complexity index is 1080. The predicted octanol–water partition coefficient (Wildman–Crippen LogP) is 5.66. The van der Waals surface area contributed by atoms with Gasteiger partial charge in [0.2, 0.25) is 0 Å². The van der Waals surface area contributed by atoms with Crippen molar-refractivity contribution in [2.24, 2.45) is 0 Å². The van der Waals surface area contributed by atoms with Crippen molar-refractivity contribution in [1.29, 1.82) is 0 Å². The molecule has 0 radical (unpaired) electrons. The fourth-order valence-electron chi connectivity index (χ4n) is 4.35. The van der Waals surface area contributed by atoms with Crippen molar-refractivity contribution in [2.75, 3.05) is 7.11 Å². The zero-order chi connectivity index (χ0) is 20.0. The molecule has 5 heteroatoms. The maximum absolute atomic E-state index is 12.0. The highest BCUT2D eigenvalue weighted by molar-refractivity contribution is 7.19. The van der Waals surface area contributed by atoms with Crippen LogP contribution in [0.5, 0.6) is 5.75 Å². The molecule has 28 heavy (non-hydrogen) atoms. The van der Waals surface area contributed by atoms with Gasteiger partial charge in [-0.25, -0.2) is 4.98 Å². The van der Waals surface area contributed by atoms with Crippen LogP contribution in [0.3, 0.4) is 0 Å². The van der Waals surface area contributed by atoms with Gasteiger partial charge in [0.1, 0.15) is 10.6 Å². The maximum atomic E-state index is 12.0. The van der Waals surface area contributed by atoms with Gasteiger partial charge in [-0.2, -0.15) is 0 Å². The second-order valence-corrected chi connectivity index (χ2v) is 8.72. The van der Waals surface area contributed by atoms with Crippen LogP contribution in [-0.4, -0.2) is 23.2 Å². The Morgan fingerprint density at radius 1 is 1.25 bits per heavy atom. The molecule has 3 aromatic rings. The van der Waals surface area contributed by atoms with Crippen molar-refractivity contribution in [3.8, 4) is 16.9 Å². The Kier molecular flexibility index (Phi) is 4.88. The second-order valence-electron chi connectivity index (χ2n) is 7.64. The number of aryl methyl sites for hydroxylation is 4. The lowest BCUT2D eigenvalue weighted by atomic mass is 9.85. The maximum Gasteiger partial charge on any atom is 0.310 e. The number of aliphatic carboxylic acids is 1. The Morgan fingerprint density at radius 3 is 2.71 bits per heavy atom. The normalized spacial score (nSPS) is 14.7. The molecule has 0 aliphatic heterocycles. The van der Waals surface area contributed by atoms with Gasteiger partial charge < -0.3 is 9.84 Å². The number of methoxy groups -OCH3 is 1. The number of carboxylic acid groups (broad SMARTS) is 1. The number of hydrogen-bond acceptors (Lipinski definition) is 4. The largest absolute Gasteiger partial charge is 0.496 e. The van der Waals surface area contributed by atoms with E-state index in [-0.39, 0.29) is 0 Å². The summed E-state index contributed by atoms with van der Waals surface area (Å²) in [7, 11) is 1.67. The number of aromatic nitrogens is 1. The monoisotopic (exact) mass is 395 g/mol. The third-order valence-electron chi connectivity index (χ3n) is 5.76. The van der Waals surface area contributed by atoms with Crippen LogP contribution in [0.2, 0.25) is 0 Å². The summed E-state index contributed by atoms with van der Waals surface area (Å²) in [6, 6.07) is 6.14. The van der Waals surface area contributed by atoms with Gasteiger partial charge in [0, 0.05) is 27.1 Å². The molecule has 4 rings (SSSR count). The van der Waals surface area contributed by atoms with E-state index in [1.807, 2.05) is 19.9 Å². The quantitative estimate of drug-likeness (QED) is 0.620. The van der Waals surface area contributed by atoms with Crippen LogP contribution in [0, 0.1) is 13.8 Å². The van der Waals surface area contributed by atoms with E-state index in [1.165, 1.54) is 23.3 Å². The van der Waals surface area contributed by atoms with Gasteiger partial charge in [-0.1, -0.05) is 12.1 Å². The van der Waals surface area contributed by atoms with Gasteiger partial charge in [-0.05, 0) is 69.2 Å². The molecule has 4 nitrogen and oxygen atoms in total. The molecule has 0 bridgehead atoms. The van der Waals surface area contributed by atoms with Crippen molar-refractivity contribution < 1.29 is 14.6 Å². The highest BCUT2D eigenvalue weighted by Gasteiger charge is 2.29. The number of rotatable bonds is 4. The van der Waals surface area contributed by atoms with E-state index < -0.39 is 11.9 Å². The molecule has 1 N–H and O–H groups in total. The highest BCUT2D eigenvalue weighted by atomic mass is 32.1. The minimum atomic E-state index is -0.833. The molecule has 1 aliphatic carbocycles. The van der Waals surface area contributed by atoms with Crippen LogP contribution in [0.1, 0.15) is 52.9 Å². The van der Waals surface area contributed by atoms with E-state index in [0.29, 0.717) is 0 Å². The smallest absolute Gasteiger partial charge is 0.310 e. The second kappa shape index (κ2) is 7.21. The molecule has 1 aliphatic rings. The number of benzene rings is 1. The van der Waals surface area contributed by atoms with E-state index >= 15 is 0 Å². The number of thiophene rings is 1. The molecule has 2 heterocycles. The van der Waals surface area contributed by atoms with E-state index in [4.69, 9.17) is 9.72 Å². The van der Waals surface area contributed by atoms with Gasteiger partial charge in [0.05, 0.1) is 13.0 Å². The molecular formula is C23H25NO3S. The predicted molar refractivity (Wildman–Crippen MR) is 114 cm³/mol. The molecular weight excluding hydrogens is 370 g/mol. The Labute approximate surface area is 169 Å². The summed E-state index contributed by atoms with van der Waals surface area (Å²) in [6.07, 6.45) is 4.49. The molecule has 0 amide bonds. The first kappa shape index (κ1) is 18.9. The minimum Gasteiger partial charge on any atom is -0.496 e. The summed E-state index contributed by atoms with van der Waals surface area (Å²) in [5.74, 6) is -0.695. The molecule has 0 fully saturated rings. The van der Waals surface area contributed by atoms with Crippen molar-refractivity contribution in [2.45, 2.75) is 52.4 Å². The van der Waals surface area contributed by atoms with Gasteiger partial charge in [-0.15, -0.1) is 11.3 Å². The minimum absolute atomic E-state index is 0.642. The molecule has 2 aromatic heterocycles. The van der Waals surface area contributed by atoms with Gasteiger partial charge in [0.15, 0.2) is 0 Å². The number of fused-ring (bicyclic) bond motifs is 3. The topological polar surface area (TPSA) is 59.4 Å². The number of carbonyl (C=O) groups is 1. The molecule has 1 atom stereocenters. The molecule has 1 unspecified atom stereocenters. The van der Waals surface area contributed by atoms with Crippen LogP contribution in [0.25, 0.3) is 21.3 Å². The van der Waals surface area contributed by atoms with Crippen molar-refractivity contribution >= 4 is 27.5 Å². The summed E-state index contributed by atoms with van der Waals surface area (Å²) in [5.41, 5.74) is 6.01. The average Bonchev–Trinajstić information content (AvgIpc) is 3.04. The number of hydrogen-bond donors (Lipinski definition) is 1. The fraction of sp³-hybridized carbons (Fsp3) is 0.391. The highest BCUT2D eigenvalue weighted by Crippen LogP contribution is 2.47. The Balaban J connectivity index is 2.16. The Hall–Kier alpha value is -2.40. The number of carboxylic acids is 1. The third kappa shape index (κ3) is 2.98. The first-order valence-corrected chi connectivity index (χ1v) is 10.6. The van der Waals surface area contributed by atoms with E-state index in [2.05, 4.69) is 12.1 Å². The fourth-order valence-corrected chi connectivity index (χ4v) is 5.67. The SMILES string of the molecule is COc1cc(C)ccc1-c1c(C(C)C(=O)O)c(C)nc2sc3c(c12)CCCC3. The third-order valence-corrected chi connectivity index (χ3v) is 6.95. The van der Waals surface area contributed by atoms with Crippen molar-refractivity contribution in [1.82, 2.24) is 4.98 Å². The van der Waals surface area contributed by atoms with Crippen LogP contribution in [-0.2, 0) is 17.6 Å². The zero-order valence-corrected chi connectivity index (χ0v) is 17.6. The number of pyridine rings is 1. The lowest BCUT2D eigenvalue weighted by molar-refractivity contribution is -0.138. The standard InChI is InChI=1S/C23H25NO3S/c1-12-9-10-15(17(11-12)27-4)20-19(13(2)23(25)26)14(3)24-22-21(20)16-7-5-6-8-18(16)28-22/h9-11,13H,5-8H2,1-4H3,(H,25,26). The summed E-state index contributed by atoms with van der Waals surface area (Å²) in [4.78, 5) is 19.2. The lowest BCUT2D eigenvalue weighted by Gasteiger charge is -2.21. The molecule has 0 saturated heterocycles. The van der Waals surface area contributed by atoms with E-state index in [1.54, 1.807) is 25.4 Å². The summed E-state index contributed by atoms with van der Waals surface area (Å²) in [5, 5.41) is 10.9. The van der Waals surface area contributed by atoms with Crippen LogP contribution in [0.4, 0.5) is 0 Å². The Morgan fingerprint density at radius 2 is 2.00 bits per heavy atom. The van der Waals surface area contributed by atoms with Crippen molar-refractivity contribution in [3.05, 3.63) is 45.5 Å². The van der Waals surface area contributed by atoms with Gasteiger partial charge >= 0.3 is 5.97 Å². The van der Waals surface area contributed by atoms with E-state index in [9.17, 15) is 9.90 Å². The number of nitrogens with zero attached hydrogens (tertiary/aromatic N) is 1. The number of ether oxygens (including phenoxy) is 1. The molecule has 1 aromatic carbocycles. The first-order chi connectivity index (χ1) is 13.4. The molecule has 0 saturated carbocycles. The van der Waals surface area contributed by atoms with Crippen molar-refractivity contribution in [3.63, 3.8) is 0 Å². The lowest BCUT2D eigenvalue weighted by Crippen LogP contribution is -2.12. The average molecular weight is 396 g/mol. The summed E-state index contributed by atoms with van der Waals surface area (Å²) in [6.45, 7) is 5.71. The van der Waals surface area contributed by atoms with Crippen LogP contribution < -0.4 is 4.74 Å².